The highest BCUT2D eigenvalue weighted by molar-refractivity contribution is 5.83. The molecule has 140 valence electrons. The van der Waals surface area contributed by atoms with Gasteiger partial charge in [0.2, 0.25) is 0 Å². The minimum absolute atomic E-state index is 0.0371. The van der Waals surface area contributed by atoms with Crippen LogP contribution in [-0.4, -0.2) is 31.3 Å². The molecule has 0 aliphatic carbocycles. The van der Waals surface area contributed by atoms with Gasteiger partial charge < -0.3 is 19.9 Å². The van der Waals surface area contributed by atoms with Crippen LogP contribution in [0.4, 0.5) is 11.4 Å². The first-order chi connectivity index (χ1) is 13.1. The number of nitrogens with one attached hydrogen (secondary N) is 2. The number of nitrogens with zero attached hydrogens (tertiary/aromatic N) is 1. The summed E-state index contributed by atoms with van der Waals surface area (Å²) >= 11 is 0. The Kier molecular flexibility index (Phi) is 4.86. The Morgan fingerprint density at radius 2 is 1.81 bits per heavy atom. The third-order valence-electron chi connectivity index (χ3n) is 5.12. The van der Waals surface area contributed by atoms with Gasteiger partial charge in [-0.25, -0.2) is 0 Å². The van der Waals surface area contributed by atoms with Crippen LogP contribution >= 0.6 is 0 Å². The van der Waals surface area contributed by atoms with Gasteiger partial charge in [-0.1, -0.05) is 6.07 Å². The van der Waals surface area contributed by atoms with Crippen LogP contribution in [-0.2, 0) is 11.3 Å². The number of benzene rings is 2. The Labute approximate surface area is 159 Å². The fraction of sp³-hybridized carbons (Fsp3) is 0.318. The summed E-state index contributed by atoms with van der Waals surface area (Å²) in [6.45, 7) is 8.04. The molecule has 4 rings (SSSR count). The van der Waals surface area contributed by atoms with Gasteiger partial charge in [-0.2, -0.15) is 0 Å². The van der Waals surface area contributed by atoms with E-state index in [-0.39, 0.29) is 5.56 Å². The fourth-order valence-electron chi connectivity index (χ4n) is 3.66. The van der Waals surface area contributed by atoms with Crippen LogP contribution < -0.4 is 15.8 Å². The molecular formula is C22H25N3O2. The van der Waals surface area contributed by atoms with Crippen molar-refractivity contribution >= 4 is 22.3 Å². The van der Waals surface area contributed by atoms with Crippen molar-refractivity contribution in [3.05, 3.63) is 69.5 Å². The average molecular weight is 363 g/mol. The third-order valence-corrected chi connectivity index (χ3v) is 5.12. The second-order valence-electron chi connectivity index (χ2n) is 7.17. The number of pyridine rings is 1. The average Bonchev–Trinajstić information content (AvgIpc) is 2.67. The van der Waals surface area contributed by atoms with Gasteiger partial charge in [-0.05, 0) is 61.4 Å². The second-order valence-corrected chi connectivity index (χ2v) is 7.17. The van der Waals surface area contributed by atoms with Crippen molar-refractivity contribution in [3.63, 3.8) is 0 Å². The number of ether oxygens (including phenoxy) is 1. The lowest BCUT2D eigenvalue weighted by atomic mass is 10.0. The molecule has 1 aromatic heterocycles. The topological polar surface area (TPSA) is 57.4 Å². The molecule has 27 heavy (non-hydrogen) atoms. The summed E-state index contributed by atoms with van der Waals surface area (Å²) in [5, 5.41) is 4.46. The zero-order valence-corrected chi connectivity index (χ0v) is 15.8. The Morgan fingerprint density at radius 1 is 1.07 bits per heavy atom. The number of hydrogen-bond acceptors (Lipinski definition) is 4. The Balaban J connectivity index is 1.49. The minimum atomic E-state index is -0.0371. The molecule has 2 N–H and O–H groups in total. The monoisotopic (exact) mass is 363 g/mol. The normalized spacial score (nSPS) is 14.5. The predicted octanol–water partition coefficient (Wildman–Crippen LogP) is 3.59. The Hall–Kier alpha value is -2.79. The summed E-state index contributed by atoms with van der Waals surface area (Å²) in [6, 6.07) is 14.5. The molecule has 5 heteroatoms. The van der Waals surface area contributed by atoms with Crippen LogP contribution in [0, 0.1) is 13.8 Å². The van der Waals surface area contributed by atoms with Crippen LogP contribution in [0.5, 0.6) is 0 Å². The van der Waals surface area contributed by atoms with E-state index >= 15 is 0 Å². The van der Waals surface area contributed by atoms with Crippen LogP contribution in [0.1, 0.15) is 16.7 Å². The number of hydrogen-bond donors (Lipinski definition) is 2. The molecule has 0 saturated carbocycles. The van der Waals surface area contributed by atoms with E-state index in [9.17, 15) is 4.79 Å². The molecule has 1 aliphatic heterocycles. The number of fused-ring (bicyclic) bond motifs is 1. The highest BCUT2D eigenvalue weighted by Crippen LogP contribution is 2.21. The maximum Gasteiger partial charge on any atom is 0.253 e. The molecule has 5 nitrogen and oxygen atoms in total. The number of H-pyrrole nitrogens is 1. The summed E-state index contributed by atoms with van der Waals surface area (Å²) in [5.41, 5.74) is 6.15. The summed E-state index contributed by atoms with van der Waals surface area (Å²) in [7, 11) is 0. The van der Waals surface area contributed by atoms with E-state index in [4.69, 9.17) is 4.74 Å². The van der Waals surface area contributed by atoms with E-state index in [1.165, 1.54) is 11.3 Å². The van der Waals surface area contributed by atoms with E-state index in [2.05, 4.69) is 52.5 Å². The lowest BCUT2D eigenvalue weighted by molar-refractivity contribution is 0.122. The fourth-order valence-corrected chi connectivity index (χ4v) is 3.66. The first-order valence-electron chi connectivity index (χ1n) is 9.40. The maximum atomic E-state index is 12.4. The van der Waals surface area contributed by atoms with Crippen molar-refractivity contribution in [2.45, 2.75) is 20.4 Å². The lowest BCUT2D eigenvalue weighted by Gasteiger charge is -2.28. The number of aromatic nitrogens is 1. The van der Waals surface area contributed by atoms with Crippen LogP contribution in [0.25, 0.3) is 10.9 Å². The molecule has 0 spiro atoms. The second kappa shape index (κ2) is 7.45. The highest BCUT2D eigenvalue weighted by Gasteiger charge is 2.11. The largest absolute Gasteiger partial charge is 0.381 e. The van der Waals surface area contributed by atoms with Gasteiger partial charge in [0.1, 0.15) is 0 Å². The van der Waals surface area contributed by atoms with E-state index < -0.39 is 0 Å². The molecule has 1 saturated heterocycles. The Bertz CT molecular complexity index is 1000. The molecule has 1 fully saturated rings. The predicted molar refractivity (Wildman–Crippen MR) is 111 cm³/mol. The lowest BCUT2D eigenvalue weighted by Crippen LogP contribution is -2.36. The molecule has 1 aliphatic rings. The smallest absolute Gasteiger partial charge is 0.253 e. The molecule has 3 aromatic rings. The molecule has 2 aromatic carbocycles. The van der Waals surface area contributed by atoms with Crippen molar-refractivity contribution in [3.8, 4) is 0 Å². The molecule has 0 bridgehead atoms. The molecular weight excluding hydrogens is 338 g/mol. The van der Waals surface area contributed by atoms with Crippen LogP contribution in [0.2, 0.25) is 0 Å². The van der Waals surface area contributed by atoms with Crippen LogP contribution in [0.15, 0.2) is 47.3 Å². The van der Waals surface area contributed by atoms with Gasteiger partial charge >= 0.3 is 0 Å². The molecule has 0 atom stereocenters. The van der Waals surface area contributed by atoms with Gasteiger partial charge in [-0.3, -0.25) is 4.79 Å². The molecule has 0 amide bonds. The van der Waals surface area contributed by atoms with E-state index in [1.54, 1.807) is 0 Å². The molecule has 0 radical (unpaired) electrons. The number of rotatable bonds is 4. The van der Waals surface area contributed by atoms with Gasteiger partial charge in [0, 0.05) is 47.5 Å². The Morgan fingerprint density at radius 3 is 2.56 bits per heavy atom. The summed E-state index contributed by atoms with van der Waals surface area (Å²) in [5.74, 6) is 0. The third kappa shape index (κ3) is 3.83. The standard InChI is InChI=1S/C22H25N3O2/c1-15-11-16(2)20-13-17(22(26)24-21(20)12-15)14-23-18-3-5-19(6-4-18)25-7-9-27-10-8-25/h3-6,11-13,23H,7-10,14H2,1-2H3,(H,24,26). The first-order valence-corrected chi connectivity index (χ1v) is 9.40. The van der Waals surface area contributed by atoms with Gasteiger partial charge in [0.05, 0.1) is 13.2 Å². The van der Waals surface area contributed by atoms with Crippen LogP contribution in [0.3, 0.4) is 0 Å². The van der Waals surface area contributed by atoms with Crippen molar-refractivity contribution in [1.82, 2.24) is 4.98 Å². The van der Waals surface area contributed by atoms with Crippen molar-refractivity contribution in [2.24, 2.45) is 0 Å². The molecule has 2 heterocycles. The highest BCUT2D eigenvalue weighted by atomic mass is 16.5. The number of anilines is 2. The van der Waals surface area contributed by atoms with Crippen molar-refractivity contribution in [2.75, 3.05) is 36.5 Å². The summed E-state index contributed by atoms with van der Waals surface area (Å²) in [4.78, 5) is 17.8. The minimum Gasteiger partial charge on any atom is -0.381 e. The van der Waals surface area contributed by atoms with E-state index in [0.717, 1.165) is 54.0 Å². The van der Waals surface area contributed by atoms with Crippen molar-refractivity contribution < 1.29 is 4.74 Å². The number of morpholine rings is 1. The quantitative estimate of drug-likeness (QED) is 0.744. The van der Waals surface area contributed by atoms with Gasteiger partial charge in [0.15, 0.2) is 0 Å². The number of aryl methyl sites for hydroxylation is 2. The summed E-state index contributed by atoms with van der Waals surface area (Å²) < 4.78 is 5.40. The zero-order chi connectivity index (χ0) is 18.8. The van der Waals surface area contributed by atoms with Crippen molar-refractivity contribution in [1.29, 1.82) is 0 Å². The first kappa shape index (κ1) is 17.6. The molecule has 0 unspecified atom stereocenters. The van der Waals surface area contributed by atoms with Gasteiger partial charge in [0.25, 0.3) is 5.56 Å². The van der Waals surface area contributed by atoms with E-state index in [0.29, 0.717) is 6.54 Å². The SMILES string of the molecule is Cc1cc(C)c2cc(CNc3ccc(N4CCOCC4)cc3)c(=O)[nH]c2c1. The van der Waals surface area contributed by atoms with Gasteiger partial charge in [-0.15, -0.1) is 0 Å². The zero-order valence-electron chi connectivity index (χ0n) is 15.8. The maximum absolute atomic E-state index is 12.4. The summed E-state index contributed by atoms with van der Waals surface area (Å²) in [6.07, 6.45) is 0. The van der Waals surface area contributed by atoms with E-state index in [1.807, 2.05) is 19.1 Å². The number of aromatic amines is 1.